The van der Waals surface area contributed by atoms with Crippen LogP contribution < -0.4 is 0 Å². The number of fused-ring (bicyclic) bond motifs is 1. The van der Waals surface area contributed by atoms with Crippen molar-refractivity contribution in [1.29, 1.82) is 0 Å². The van der Waals surface area contributed by atoms with Gasteiger partial charge in [-0.3, -0.25) is 4.79 Å². The second-order valence-electron chi connectivity index (χ2n) is 5.97. The van der Waals surface area contributed by atoms with E-state index in [4.69, 9.17) is 0 Å². The van der Waals surface area contributed by atoms with Gasteiger partial charge in [-0.25, -0.2) is 13.4 Å². The first-order valence-electron chi connectivity index (χ1n) is 7.95. The summed E-state index contributed by atoms with van der Waals surface area (Å²) in [5.41, 5.74) is 1.94. The van der Waals surface area contributed by atoms with Crippen molar-refractivity contribution in [3.63, 3.8) is 0 Å². The number of rotatable bonds is 5. The number of benzene rings is 1. The summed E-state index contributed by atoms with van der Waals surface area (Å²) in [6.07, 6.45) is 0.541. The molecule has 3 rings (SSSR count). The van der Waals surface area contributed by atoms with Crippen molar-refractivity contribution < 1.29 is 13.2 Å². The van der Waals surface area contributed by atoms with Gasteiger partial charge in [-0.15, -0.1) is 0 Å². The molecule has 0 aliphatic carbocycles. The fraction of sp³-hybridized carbons (Fsp3) is 0.500. The van der Waals surface area contributed by atoms with E-state index in [0.29, 0.717) is 13.0 Å². The van der Waals surface area contributed by atoms with Gasteiger partial charge in [0, 0.05) is 19.6 Å². The van der Waals surface area contributed by atoms with E-state index in [1.807, 2.05) is 42.8 Å². The van der Waals surface area contributed by atoms with E-state index in [0.717, 1.165) is 16.2 Å². The Labute approximate surface area is 146 Å². The van der Waals surface area contributed by atoms with E-state index in [-0.39, 0.29) is 29.2 Å². The number of aryl methyl sites for hydroxylation is 1. The Kier molecular flexibility index (Phi) is 4.87. The SMILES string of the molecule is CCN(C(=O)CSc1nc2ccccc2n1C)[C@@H]1CCS(=O)(=O)C1. The van der Waals surface area contributed by atoms with Gasteiger partial charge in [0.25, 0.3) is 0 Å². The molecule has 1 atom stereocenters. The number of carbonyl (C=O) groups is 1. The zero-order chi connectivity index (χ0) is 17.3. The Hall–Kier alpha value is -1.54. The second kappa shape index (κ2) is 6.76. The minimum Gasteiger partial charge on any atom is -0.338 e. The molecule has 0 bridgehead atoms. The summed E-state index contributed by atoms with van der Waals surface area (Å²) in [6, 6.07) is 7.66. The zero-order valence-electron chi connectivity index (χ0n) is 13.8. The number of carbonyl (C=O) groups excluding carboxylic acids is 1. The van der Waals surface area contributed by atoms with Gasteiger partial charge >= 0.3 is 0 Å². The van der Waals surface area contributed by atoms with Gasteiger partial charge in [0.15, 0.2) is 15.0 Å². The number of imidazole rings is 1. The molecule has 0 spiro atoms. The summed E-state index contributed by atoms with van der Waals surface area (Å²) in [5.74, 6) is 0.501. The van der Waals surface area contributed by atoms with Crippen LogP contribution in [0.2, 0.25) is 0 Å². The maximum atomic E-state index is 12.5. The number of hydrogen-bond donors (Lipinski definition) is 0. The highest BCUT2D eigenvalue weighted by Gasteiger charge is 2.33. The van der Waals surface area contributed by atoms with E-state index in [2.05, 4.69) is 4.98 Å². The van der Waals surface area contributed by atoms with Gasteiger partial charge in [0.2, 0.25) is 5.91 Å². The van der Waals surface area contributed by atoms with E-state index < -0.39 is 9.84 Å². The highest BCUT2D eigenvalue weighted by Crippen LogP contribution is 2.24. The van der Waals surface area contributed by atoms with Crippen LogP contribution in [0.25, 0.3) is 11.0 Å². The molecule has 1 amide bonds. The Morgan fingerprint density at radius 3 is 2.79 bits per heavy atom. The normalized spacial score (nSPS) is 19.7. The smallest absolute Gasteiger partial charge is 0.233 e. The lowest BCUT2D eigenvalue weighted by Gasteiger charge is -2.26. The molecule has 1 aromatic heterocycles. The summed E-state index contributed by atoms with van der Waals surface area (Å²) in [4.78, 5) is 18.8. The molecule has 130 valence electrons. The fourth-order valence-corrected chi connectivity index (χ4v) is 5.73. The van der Waals surface area contributed by atoms with Gasteiger partial charge in [-0.05, 0) is 25.5 Å². The number of amides is 1. The topological polar surface area (TPSA) is 72.3 Å². The van der Waals surface area contributed by atoms with Crippen LogP contribution in [-0.2, 0) is 21.7 Å². The molecule has 1 aliphatic rings. The van der Waals surface area contributed by atoms with Crippen LogP contribution in [0.5, 0.6) is 0 Å². The van der Waals surface area contributed by atoms with Gasteiger partial charge in [-0.2, -0.15) is 0 Å². The maximum Gasteiger partial charge on any atom is 0.233 e. The Balaban J connectivity index is 1.68. The van der Waals surface area contributed by atoms with Crippen LogP contribution in [0.15, 0.2) is 29.4 Å². The lowest BCUT2D eigenvalue weighted by molar-refractivity contribution is -0.129. The molecular weight excluding hydrogens is 346 g/mol. The van der Waals surface area contributed by atoms with Crippen molar-refractivity contribution in [1.82, 2.24) is 14.5 Å². The Morgan fingerprint density at radius 2 is 2.17 bits per heavy atom. The number of sulfone groups is 1. The number of thioether (sulfide) groups is 1. The van der Waals surface area contributed by atoms with Crippen molar-refractivity contribution in [2.24, 2.45) is 7.05 Å². The molecule has 1 aromatic carbocycles. The van der Waals surface area contributed by atoms with Gasteiger partial charge < -0.3 is 9.47 Å². The Morgan fingerprint density at radius 1 is 1.42 bits per heavy atom. The van der Waals surface area contributed by atoms with Crippen LogP contribution in [0.4, 0.5) is 0 Å². The number of nitrogens with zero attached hydrogens (tertiary/aromatic N) is 3. The van der Waals surface area contributed by atoms with Crippen molar-refractivity contribution in [2.45, 2.75) is 24.5 Å². The fourth-order valence-electron chi connectivity index (χ4n) is 3.12. The maximum absolute atomic E-state index is 12.5. The molecule has 0 unspecified atom stereocenters. The monoisotopic (exact) mass is 367 g/mol. The molecular formula is C16H21N3O3S2. The average Bonchev–Trinajstić information content (AvgIpc) is 3.06. The lowest BCUT2D eigenvalue weighted by Crippen LogP contribution is -2.42. The third kappa shape index (κ3) is 3.44. The van der Waals surface area contributed by atoms with Gasteiger partial charge in [0.05, 0.1) is 28.3 Å². The average molecular weight is 367 g/mol. The van der Waals surface area contributed by atoms with E-state index in [1.165, 1.54) is 11.8 Å². The van der Waals surface area contributed by atoms with Crippen molar-refractivity contribution in [3.05, 3.63) is 24.3 Å². The molecule has 0 saturated carbocycles. The van der Waals surface area contributed by atoms with Crippen LogP contribution >= 0.6 is 11.8 Å². The minimum absolute atomic E-state index is 0.0309. The Bertz CT molecular complexity index is 861. The highest BCUT2D eigenvalue weighted by atomic mass is 32.2. The zero-order valence-corrected chi connectivity index (χ0v) is 15.4. The summed E-state index contributed by atoms with van der Waals surface area (Å²) < 4.78 is 25.3. The van der Waals surface area contributed by atoms with Crippen LogP contribution in [-0.4, -0.2) is 58.6 Å². The van der Waals surface area contributed by atoms with E-state index in [9.17, 15) is 13.2 Å². The minimum atomic E-state index is -2.99. The first-order chi connectivity index (χ1) is 11.4. The standard InChI is InChI=1S/C16H21N3O3S2/c1-3-19(12-8-9-24(21,22)11-12)15(20)10-23-16-17-13-6-4-5-7-14(13)18(16)2/h4-7,12H,3,8-11H2,1-2H3/t12-/m1/s1. The number of aromatic nitrogens is 2. The largest absolute Gasteiger partial charge is 0.338 e. The second-order valence-corrected chi connectivity index (χ2v) is 9.14. The summed E-state index contributed by atoms with van der Waals surface area (Å²) in [5, 5.41) is 0.791. The summed E-state index contributed by atoms with van der Waals surface area (Å²) >= 11 is 1.39. The van der Waals surface area contributed by atoms with Gasteiger partial charge in [0.1, 0.15) is 0 Å². The molecule has 24 heavy (non-hydrogen) atoms. The molecule has 6 nitrogen and oxygen atoms in total. The van der Waals surface area contributed by atoms with Crippen LogP contribution in [0, 0.1) is 0 Å². The van der Waals surface area contributed by atoms with Crippen LogP contribution in [0.3, 0.4) is 0 Å². The third-order valence-corrected chi connectivity index (χ3v) is 7.15. The molecule has 2 heterocycles. The first kappa shape index (κ1) is 17.3. The van der Waals surface area contributed by atoms with E-state index in [1.54, 1.807) is 4.90 Å². The predicted octanol–water partition coefficient (Wildman–Crippen LogP) is 1.70. The predicted molar refractivity (Wildman–Crippen MR) is 95.9 cm³/mol. The molecule has 1 aliphatic heterocycles. The van der Waals surface area contributed by atoms with Crippen molar-refractivity contribution in [3.8, 4) is 0 Å². The van der Waals surface area contributed by atoms with Gasteiger partial charge in [-0.1, -0.05) is 23.9 Å². The molecule has 1 fully saturated rings. The summed E-state index contributed by atoms with van der Waals surface area (Å²) in [6.45, 7) is 2.42. The molecule has 8 heteroatoms. The highest BCUT2D eigenvalue weighted by molar-refractivity contribution is 7.99. The van der Waals surface area contributed by atoms with E-state index >= 15 is 0 Å². The number of para-hydroxylation sites is 2. The van der Waals surface area contributed by atoms with Crippen molar-refractivity contribution >= 4 is 38.5 Å². The third-order valence-electron chi connectivity index (χ3n) is 4.38. The lowest BCUT2D eigenvalue weighted by atomic mass is 10.2. The quantitative estimate of drug-likeness (QED) is 0.752. The molecule has 0 N–H and O–H groups in total. The number of hydrogen-bond acceptors (Lipinski definition) is 5. The summed E-state index contributed by atoms with van der Waals surface area (Å²) in [7, 11) is -1.06. The molecule has 1 saturated heterocycles. The molecule has 2 aromatic rings. The molecule has 0 radical (unpaired) electrons. The van der Waals surface area contributed by atoms with Crippen molar-refractivity contribution in [2.75, 3.05) is 23.8 Å². The van der Waals surface area contributed by atoms with Crippen LogP contribution in [0.1, 0.15) is 13.3 Å². The first-order valence-corrected chi connectivity index (χ1v) is 10.8.